The molecule has 0 aliphatic rings. The van der Waals surface area contributed by atoms with Crippen molar-refractivity contribution in [3.8, 4) is 0 Å². The van der Waals surface area contributed by atoms with Gasteiger partial charge in [0.1, 0.15) is 5.69 Å². The van der Waals surface area contributed by atoms with Crippen LogP contribution in [0.25, 0.3) is 5.52 Å². The van der Waals surface area contributed by atoms with Gasteiger partial charge in [0.05, 0.1) is 24.3 Å². The molecule has 5 nitrogen and oxygen atoms in total. The third-order valence-electron chi connectivity index (χ3n) is 2.66. The second-order valence-corrected chi connectivity index (χ2v) is 3.84. The van der Waals surface area contributed by atoms with Gasteiger partial charge in [-0.2, -0.15) is 0 Å². The van der Waals surface area contributed by atoms with Crippen molar-refractivity contribution in [2.24, 2.45) is 0 Å². The Morgan fingerprint density at radius 2 is 1.79 bits per heavy atom. The number of ether oxygens (including phenoxy) is 2. The number of hydrogen-bond acceptors (Lipinski definition) is 4. The molecule has 0 amide bonds. The highest BCUT2D eigenvalue weighted by Gasteiger charge is 2.20. The van der Waals surface area contributed by atoms with Crippen LogP contribution >= 0.6 is 0 Å². The van der Waals surface area contributed by atoms with Crippen LogP contribution in [0.1, 0.15) is 34.7 Å². The van der Waals surface area contributed by atoms with Crippen molar-refractivity contribution < 1.29 is 19.1 Å². The molecule has 0 fully saturated rings. The summed E-state index contributed by atoms with van der Waals surface area (Å²) in [5, 5.41) is 0. The average molecular weight is 261 g/mol. The van der Waals surface area contributed by atoms with E-state index in [-0.39, 0.29) is 13.2 Å². The molecular weight excluding hydrogens is 246 g/mol. The number of aromatic nitrogens is 1. The summed E-state index contributed by atoms with van der Waals surface area (Å²) < 4.78 is 11.6. The van der Waals surface area contributed by atoms with Crippen LogP contribution in [0.3, 0.4) is 0 Å². The van der Waals surface area contributed by atoms with Gasteiger partial charge in [0.15, 0.2) is 0 Å². The summed E-state index contributed by atoms with van der Waals surface area (Å²) in [5.41, 5.74) is 1.31. The normalized spacial score (nSPS) is 10.4. The average Bonchev–Trinajstić information content (AvgIpc) is 2.79. The summed E-state index contributed by atoms with van der Waals surface area (Å²) in [6.45, 7) is 4.05. The van der Waals surface area contributed by atoms with Gasteiger partial charge in [-0.25, -0.2) is 9.59 Å². The fourth-order valence-electron chi connectivity index (χ4n) is 1.89. The highest BCUT2D eigenvalue weighted by atomic mass is 16.5. The Hall–Kier alpha value is -2.30. The number of fused-ring (bicyclic) bond motifs is 1. The third kappa shape index (κ3) is 2.45. The molecule has 5 heteroatoms. The monoisotopic (exact) mass is 261 g/mol. The Balaban J connectivity index is 2.54. The van der Waals surface area contributed by atoms with E-state index in [0.717, 1.165) is 0 Å². The third-order valence-corrected chi connectivity index (χ3v) is 2.66. The second kappa shape index (κ2) is 5.56. The molecule has 2 aromatic heterocycles. The molecular formula is C14H15NO4. The van der Waals surface area contributed by atoms with E-state index in [9.17, 15) is 9.59 Å². The molecule has 0 N–H and O–H groups in total. The van der Waals surface area contributed by atoms with Crippen molar-refractivity contribution in [3.63, 3.8) is 0 Å². The van der Waals surface area contributed by atoms with E-state index in [0.29, 0.717) is 16.8 Å². The van der Waals surface area contributed by atoms with Gasteiger partial charge in [-0.15, -0.1) is 0 Å². The van der Waals surface area contributed by atoms with Crippen molar-refractivity contribution >= 4 is 17.5 Å². The van der Waals surface area contributed by atoms with Crippen LogP contribution in [0.4, 0.5) is 0 Å². The van der Waals surface area contributed by atoms with Gasteiger partial charge >= 0.3 is 11.9 Å². The standard InChI is InChI=1S/C14H15NO4/c1-3-18-13(16)10-9-12(14(17)19-4-2)15-8-6-5-7-11(10)15/h5-9H,3-4H2,1-2H3. The van der Waals surface area contributed by atoms with Crippen LogP contribution in [-0.4, -0.2) is 29.6 Å². The zero-order chi connectivity index (χ0) is 13.8. The van der Waals surface area contributed by atoms with Crippen molar-refractivity contribution in [3.05, 3.63) is 41.7 Å². The quantitative estimate of drug-likeness (QED) is 0.792. The molecule has 0 aliphatic carbocycles. The Kier molecular flexibility index (Phi) is 3.85. The number of carbonyl (C=O) groups is 2. The van der Waals surface area contributed by atoms with Crippen molar-refractivity contribution in [2.75, 3.05) is 13.2 Å². The smallest absolute Gasteiger partial charge is 0.355 e. The molecule has 0 aromatic carbocycles. The van der Waals surface area contributed by atoms with Crippen LogP contribution < -0.4 is 0 Å². The van der Waals surface area contributed by atoms with E-state index in [2.05, 4.69) is 0 Å². The molecule has 0 atom stereocenters. The fourth-order valence-corrected chi connectivity index (χ4v) is 1.89. The van der Waals surface area contributed by atoms with Crippen molar-refractivity contribution in [1.29, 1.82) is 0 Å². The highest BCUT2D eigenvalue weighted by molar-refractivity contribution is 6.01. The SMILES string of the molecule is CCOC(=O)c1cc(C(=O)OCC)n2ccccc12. The first-order chi connectivity index (χ1) is 9.19. The number of esters is 2. The molecule has 0 saturated carbocycles. The predicted octanol–water partition coefficient (Wildman–Crippen LogP) is 2.29. The highest BCUT2D eigenvalue weighted by Crippen LogP contribution is 2.19. The van der Waals surface area contributed by atoms with Crippen LogP contribution in [-0.2, 0) is 9.47 Å². The van der Waals surface area contributed by atoms with Crippen LogP contribution in [0, 0.1) is 0 Å². The molecule has 0 saturated heterocycles. The van der Waals surface area contributed by atoms with Gasteiger partial charge in [0.25, 0.3) is 0 Å². The largest absolute Gasteiger partial charge is 0.462 e. The van der Waals surface area contributed by atoms with E-state index < -0.39 is 11.9 Å². The Bertz CT molecular complexity index is 563. The lowest BCUT2D eigenvalue weighted by atomic mass is 10.2. The van der Waals surface area contributed by atoms with Gasteiger partial charge < -0.3 is 13.9 Å². The summed E-state index contributed by atoms with van der Waals surface area (Å²) in [6.07, 6.45) is 1.71. The fraction of sp³-hybridized carbons (Fsp3) is 0.286. The molecule has 2 aromatic rings. The van der Waals surface area contributed by atoms with Crippen LogP contribution in [0.5, 0.6) is 0 Å². The number of carbonyl (C=O) groups excluding carboxylic acids is 2. The topological polar surface area (TPSA) is 57.0 Å². The summed E-state index contributed by atoms with van der Waals surface area (Å²) in [7, 11) is 0. The number of hydrogen-bond donors (Lipinski definition) is 0. The molecule has 0 unspecified atom stereocenters. The lowest BCUT2D eigenvalue weighted by molar-refractivity contribution is 0.0517. The number of rotatable bonds is 4. The zero-order valence-corrected chi connectivity index (χ0v) is 10.9. The second-order valence-electron chi connectivity index (χ2n) is 3.84. The van der Waals surface area contributed by atoms with Crippen LogP contribution in [0.15, 0.2) is 30.5 Å². The molecule has 0 radical (unpaired) electrons. The van der Waals surface area contributed by atoms with Crippen molar-refractivity contribution in [2.45, 2.75) is 13.8 Å². The van der Waals surface area contributed by atoms with Gasteiger partial charge in [-0.05, 0) is 32.0 Å². The first-order valence-corrected chi connectivity index (χ1v) is 6.13. The Labute approximate surface area is 110 Å². The predicted molar refractivity (Wildman–Crippen MR) is 69.3 cm³/mol. The van der Waals surface area contributed by atoms with Gasteiger partial charge in [-0.3, -0.25) is 0 Å². The minimum atomic E-state index is -0.459. The van der Waals surface area contributed by atoms with Gasteiger partial charge in [0, 0.05) is 6.20 Å². The van der Waals surface area contributed by atoms with Gasteiger partial charge in [0.2, 0.25) is 0 Å². The van der Waals surface area contributed by atoms with E-state index in [4.69, 9.17) is 9.47 Å². The van der Waals surface area contributed by atoms with E-state index in [1.807, 2.05) is 0 Å². The molecule has 0 bridgehead atoms. The Morgan fingerprint density at radius 1 is 1.11 bits per heavy atom. The maximum absolute atomic E-state index is 11.9. The lowest BCUT2D eigenvalue weighted by Crippen LogP contribution is -2.07. The minimum Gasteiger partial charge on any atom is -0.462 e. The molecule has 19 heavy (non-hydrogen) atoms. The van der Waals surface area contributed by atoms with E-state index in [1.54, 1.807) is 42.6 Å². The molecule has 0 aliphatic heterocycles. The van der Waals surface area contributed by atoms with Gasteiger partial charge in [-0.1, -0.05) is 6.07 Å². The number of pyridine rings is 1. The van der Waals surface area contributed by atoms with E-state index in [1.165, 1.54) is 6.07 Å². The maximum Gasteiger partial charge on any atom is 0.355 e. The first-order valence-electron chi connectivity index (χ1n) is 6.13. The van der Waals surface area contributed by atoms with Crippen LogP contribution in [0.2, 0.25) is 0 Å². The molecule has 2 heterocycles. The molecule has 2 rings (SSSR count). The maximum atomic E-state index is 11.9. The number of nitrogens with zero attached hydrogens (tertiary/aromatic N) is 1. The zero-order valence-electron chi connectivity index (χ0n) is 10.9. The van der Waals surface area contributed by atoms with Crippen molar-refractivity contribution in [1.82, 2.24) is 4.40 Å². The lowest BCUT2D eigenvalue weighted by Gasteiger charge is -2.02. The summed E-state index contributed by atoms with van der Waals surface area (Å²) in [4.78, 5) is 23.7. The summed E-state index contributed by atoms with van der Waals surface area (Å²) in [5.74, 6) is -0.902. The summed E-state index contributed by atoms with van der Waals surface area (Å²) in [6, 6.07) is 6.85. The molecule has 0 spiro atoms. The summed E-state index contributed by atoms with van der Waals surface area (Å²) >= 11 is 0. The van der Waals surface area contributed by atoms with E-state index >= 15 is 0 Å². The Morgan fingerprint density at radius 3 is 2.47 bits per heavy atom. The first kappa shape index (κ1) is 13.1. The minimum absolute atomic E-state index is 0.285. The molecule has 100 valence electrons.